The molecule has 0 radical (unpaired) electrons. The molecule has 0 atom stereocenters. The van der Waals surface area contributed by atoms with E-state index < -0.39 is 0 Å². The molecule has 122 valence electrons. The van der Waals surface area contributed by atoms with Gasteiger partial charge in [0, 0.05) is 21.7 Å². The second-order valence-corrected chi connectivity index (χ2v) is 7.18. The molecule has 4 nitrogen and oxygen atoms in total. The summed E-state index contributed by atoms with van der Waals surface area (Å²) >= 11 is 13.2. The maximum absolute atomic E-state index is 12.1. The van der Waals surface area contributed by atoms with E-state index in [1.165, 1.54) is 6.20 Å². The highest BCUT2D eigenvalue weighted by molar-refractivity contribution is 7.12. The topological polar surface area (TPSA) is 54.9 Å². The lowest BCUT2D eigenvalue weighted by Gasteiger charge is -2.02. The molecular formula is C17H13Cl2N3OS. The number of amides is 1. The highest BCUT2D eigenvalue weighted by Gasteiger charge is 2.12. The summed E-state index contributed by atoms with van der Waals surface area (Å²) in [5.41, 5.74) is 2.38. The van der Waals surface area contributed by atoms with Crippen molar-refractivity contribution in [2.75, 3.05) is 0 Å². The molecule has 24 heavy (non-hydrogen) atoms. The van der Waals surface area contributed by atoms with E-state index in [2.05, 4.69) is 15.3 Å². The predicted molar refractivity (Wildman–Crippen MR) is 97.7 cm³/mol. The van der Waals surface area contributed by atoms with Crippen molar-refractivity contribution in [3.8, 4) is 11.3 Å². The van der Waals surface area contributed by atoms with Gasteiger partial charge in [0.1, 0.15) is 10.2 Å². The summed E-state index contributed by atoms with van der Waals surface area (Å²) in [6.45, 7) is 2.37. The second kappa shape index (κ2) is 7.30. The van der Waals surface area contributed by atoms with E-state index in [9.17, 15) is 4.79 Å². The van der Waals surface area contributed by atoms with Crippen LogP contribution in [0.5, 0.6) is 0 Å². The van der Waals surface area contributed by atoms with Gasteiger partial charge >= 0.3 is 0 Å². The third kappa shape index (κ3) is 3.93. The third-order valence-electron chi connectivity index (χ3n) is 3.35. The fourth-order valence-electron chi connectivity index (χ4n) is 2.17. The van der Waals surface area contributed by atoms with Crippen LogP contribution in [-0.4, -0.2) is 15.9 Å². The number of hydrogen-bond donors (Lipinski definition) is 1. The van der Waals surface area contributed by atoms with E-state index >= 15 is 0 Å². The molecule has 7 heteroatoms. The number of hydrogen-bond acceptors (Lipinski definition) is 4. The summed E-state index contributed by atoms with van der Waals surface area (Å²) in [6, 6.07) is 10.8. The number of carbonyl (C=O) groups is 1. The molecule has 2 aromatic heterocycles. The van der Waals surface area contributed by atoms with Crippen LogP contribution in [-0.2, 0) is 6.54 Å². The largest absolute Gasteiger partial charge is 0.345 e. The molecule has 1 aromatic carbocycles. The summed E-state index contributed by atoms with van der Waals surface area (Å²) in [5, 5.41) is 4.73. The van der Waals surface area contributed by atoms with Gasteiger partial charge in [0.25, 0.3) is 5.91 Å². The molecule has 2 heterocycles. The lowest BCUT2D eigenvalue weighted by molar-refractivity contribution is 0.0950. The van der Waals surface area contributed by atoms with Gasteiger partial charge in [-0.05, 0) is 31.2 Å². The Hall–Kier alpha value is -1.95. The van der Waals surface area contributed by atoms with Gasteiger partial charge in [0.15, 0.2) is 0 Å². The Bertz CT molecular complexity index is 861. The summed E-state index contributed by atoms with van der Waals surface area (Å²) < 4.78 is 0. The molecule has 0 bridgehead atoms. The minimum absolute atomic E-state index is 0.208. The quantitative estimate of drug-likeness (QED) is 0.667. The smallest absolute Gasteiger partial charge is 0.253 e. The number of nitrogens with zero attached hydrogens (tertiary/aromatic N) is 2. The van der Waals surface area contributed by atoms with Crippen molar-refractivity contribution in [2.24, 2.45) is 0 Å². The Morgan fingerprint density at radius 2 is 1.92 bits per heavy atom. The number of carbonyl (C=O) groups excluding carboxylic acids is 1. The van der Waals surface area contributed by atoms with Gasteiger partial charge in [-0.2, -0.15) is 0 Å². The van der Waals surface area contributed by atoms with Gasteiger partial charge in [-0.25, -0.2) is 9.97 Å². The Labute approximate surface area is 153 Å². The standard InChI is InChI=1S/C17H13Cl2N3OS/c1-10-16(11-2-5-13(18)6-3-11)22-15(24-10)9-21-17(23)12-4-7-14(19)20-8-12/h2-8H,9H2,1H3,(H,21,23). The van der Waals surface area contributed by atoms with Gasteiger partial charge in [-0.15, -0.1) is 11.3 Å². The number of aromatic nitrogens is 2. The Balaban J connectivity index is 1.70. The average molecular weight is 378 g/mol. The number of aryl methyl sites for hydroxylation is 1. The molecule has 0 aliphatic heterocycles. The Morgan fingerprint density at radius 3 is 2.58 bits per heavy atom. The van der Waals surface area contributed by atoms with Crippen molar-refractivity contribution in [1.82, 2.24) is 15.3 Å². The van der Waals surface area contributed by atoms with Crippen molar-refractivity contribution in [3.05, 3.63) is 68.2 Å². The first-order chi connectivity index (χ1) is 11.5. The predicted octanol–water partition coefficient (Wildman–Crippen LogP) is 4.75. The van der Waals surface area contributed by atoms with Gasteiger partial charge in [-0.1, -0.05) is 35.3 Å². The molecule has 0 fully saturated rings. The first-order valence-electron chi connectivity index (χ1n) is 7.15. The molecule has 1 N–H and O–H groups in total. The number of thiazole rings is 1. The minimum Gasteiger partial charge on any atom is -0.345 e. The lowest BCUT2D eigenvalue weighted by atomic mass is 10.1. The van der Waals surface area contributed by atoms with Crippen molar-refractivity contribution >= 4 is 40.4 Å². The molecule has 3 rings (SSSR count). The summed E-state index contributed by atoms with van der Waals surface area (Å²) in [7, 11) is 0. The number of pyridine rings is 1. The van der Waals surface area contributed by atoms with Crippen LogP contribution in [0, 0.1) is 6.92 Å². The lowest BCUT2D eigenvalue weighted by Crippen LogP contribution is -2.22. The van der Waals surface area contributed by atoms with Crippen LogP contribution in [0.3, 0.4) is 0 Å². The highest BCUT2D eigenvalue weighted by atomic mass is 35.5. The molecule has 0 aliphatic carbocycles. The van der Waals surface area contributed by atoms with Gasteiger partial charge in [0.05, 0.1) is 17.8 Å². The first-order valence-corrected chi connectivity index (χ1v) is 8.72. The zero-order valence-electron chi connectivity index (χ0n) is 12.7. The molecule has 1 amide bonds. The molecule has 0 saturated carbocycles. The maximum Gasteiger partial charge on any atom is 0.253 e. The van der Waals surface area contributed by atoms with Gasteiger partial charge < -0.3 is 5.32 Å². The average Bonchev–Trinajstić information content (AvgIpc) is 2.95. The van der Waals surface area contributed by atoms with Crippen molar-refractivity contribution in [2.45, 2.75) is 13.5 Å². The van der Waals surface area contributed by atoms with E-state index in [4.69, 9.17) is 23.2 Å². The van der Waals surface area contributed by atoms with Crippen LogP contribution >= 0.6 is 34.5 Å². The zero-order valence-corrected chi connectivity index (χ0v) is 15.0. The van der Waals surface area contributed by atoms with Crippen LogP contribution in [0.2, 0.25) is 10.2 Å². The van der Waals surface area contributed by atoms with Crippen LogP contribution in [0.1, 0.15) is 20.2 Å². The zero-order chi connectivity index (χ0) is 17.1. The molecule has 3 aromatic rings. The minimum atomic E-state index is -0.208. The van der Waals surface area contributed by atoms with E-state index in [1.54, 1.807) is 23.5 Å². The number of halogens is 2. The summed E-state index contributed by atoms with van der Waals surface area (Å²) in [6.07, 6.45) is 1.45. The summed E-state index contributed by atoms with van der Waals surface area (Å²) in [5.74, 6) is -0.208. The van der Waals surface area contributed by atoms with Crippen molar-refractivity contribution in [3.63, 3.8) is 0 Å². The second-order valence-electron chi connectivity index (χ2n) is 5.07. The molecule has 0 saturated heterocycles. The molecule has 0 spiro atoms. The van der Waals surface area contributed by atoms with Gasteiger partial charge in [0.2, 0.25) is 0 Å². The molecular weight excluding hydrogens is 365 g/mol. The molecule has 0 aliphatic rings. The van der Waals surface area contributed by atoms with Crippen molar-refractivity contribution in [1.29, 1.82) is 0 Å². The Kier molecular flexibility index (Phi) is 5.14. The van der Waals surface area contributed by atoms with E-state index in [0.29, 0.717) is 22.3 Å². The van der Waals surface area contributed by atoms with E-state index in [-0.39, 0.29) is 5.91 Å². The third-order valence-corrected chi connectivity index (χ3v) is 4.79. The normalized spacial score (nSPS) is 10.6. The fraction of sp³-hybridized carbons (Fsp3) is 0.118. The van der Waals surface area contributed by atoms with E-state index in [0.717, 1.165) is 21.1 Å². The number of rotatable bonds is 4. The highest BCUT2D eigenvalue weighted by Crippen LogP contribution is 2.28. The first kappa shape index (κ1) is 16.9. The van der Waals surface area contributed by atoms with E-state index in [1.807, 2.05) is 31.2 Å². The Morgan fingerprint density at radius 1 is 1.17 bits per heavy atom. The van der Waals surface area contributed by atoms with Crippen molar-refractivity contribution < 1.29 is 4.79 Å². The number of nitrogens with one attached hydrogen (secondary N) is 1. The monoisotopic (exact) mass is 377 g/mol. The van der Waals surface area contributed by atoms with Crippen LogP contribution < -0.4 is 5.32 Å². The number of benzene rings is 1. The van der Waals surface area contributed by atoms with Crippen LogP contribution in [0.4, 0.5) is 0 Å². The van der Waals surface area contributed by atoms with Gasteiger partial charge in [-0.3, -0.25) is 4.79 Å². The molecule has 0 unspecified atom stereocenters. The maximum atomic E-state index is 12.1. The SMILES string of the molecule is Cc1sc(CNC(=O)c2ccc(Cl)nc2)nc1-c1ccc(Cl)cc1. The summed E-state index contributed by atoms with van der Waals surface area (Å²) in [4.78, 5) is 21.7. The fourth-order valence-corrected chi connectivity index (χ4v) is 3.30. The van der Waals surface area contributed by atoms with Crippen LogP contribution in [0.15, 0.2) is 42.6 Å². The van der Waals surface area contributed by atoms with Crippen LogP contribution in [0.25, 0.3) is 11.3 Å².